The zero-order valence-electron chi connectivity index (χ0n) is 46.0. The SMILES string of the molecule is COC(C)(C)CCCC(C)CCN(CCCc1ccc(F)[c]([Ti]([C]2=CC=CC2)([C]2=CC=CC2)[c]2c(F)ccc(CCCN(CCC(C)CCCC(C)(C)OC)C(=O)c3ccccc3)c2F)c1F)C(=O)c1ccccc1. The Labute approximate surface area is 449 Å². The van der Waals surface area contributed by atoms with Crippen LogP contribution in [0.4, 0.5) is 17.6 Å². The van der Waals surface area contributed by atoms with Gasteiger partial charge in [0, 0.05) is 14.2 Å². The van der Waals surface area contributed by atoms with Gasteiger partial charge in [-0.15, -0.1) is 0 Å². The summed E-state index contributed by atoms with van der Waals surface area (Å²) in [6.45, 7) is 14.4. The van der Waals surface area contributed by atoms with Crippen molar-refractivity contribution in [1.29, 1.82) is 0 Å². The van der Waals surface area contributed by atoms with E-state index in [-0.39, 0.29) is 54.7 Å². The molecule has 0 spiro atoms. The number of halogens is 4. The van der Waals surface area contributed by atoms with Crippen molar-refractivity contribution in [1.82, 2.24) is 9.80 Å². The van der Waals surface area contributed by atoms with Crippen LogP contribution in [0.15, 0.2) is 129 Å². The number of rotatable bonds is 30. The molecule has 0 fully saturated rings. The van der Waals surface area contributed by atoms with Gasteiger partial charge in [0.15, 0.2) is 0 Å². The van der Waals surface area contributed by atoms with E-state index >= 15 is 17.6 Å². The molecule has 2 atom stereocenters. The summed E-state index contributed by atoms with van der Waals surface area (Å²) in [6.07, 6.45) is 20.2. The molecular formula is C64H82F4N2O4Ti. The van der Waals surface area contributed by atoms with Crippen molar-refractivity contribution in [2.45, 2.75) is 143 Å². The van der Waals surface area contributed by atoms with Gasteiger partial charge >= 0.3 is 377 Å². The number of hydrogen-bond donors (Lipinski definition) is 0. The van der Waals surface area contributed by atoms with Crippen molar-refractivity contribution in [3.05, 3.63) is 175 Å². The van der Waals surface area contributed by atoms with Gasteiger partial charge in [0.2, 0.25) is 0 Å². The summed E-state index contributed by atoms with van der Waals surface area (Å²) in [5, 5.41) is 0. The zero-order valence-corrected chi connectivity index (χ0v) is 47.5. The molecule has 2 aliphatic rings. The summed E-state index contributed by atoms with van der Waals surface area (Å²) in [5.74, 6) is -2.71. The van der Waals surface area contributed by atoms with Crippen LogP contribution in [-0.4, -0.2) is 73.2 Å². The molecular weight excluding hydrogens is 985 g/mol. The number of carbonyl (C=O) groups is 2. The van der Waals surface area contributed by atoms with Crippen LogP contribution in [0.25, 0.3) is 0 Å². The average molecular weight is 1070 g/mol. The molecule has 0 heterocycles. The molecule has 404 valence electrons. The fourth-order valence-electron chi connectivity index (χ4n) is 10.8. The van der Waals surface area contributed by atoms with Gasteiger partial charge in [-0.25, -0.2) is 0 Å². The normalized spacial score (nSPS) is 14.5. The van der Waals surface area contributed by atoms with Crippen LogP contribution in [0.1, 0.15) is 150 Å². The fourth-order valence-corrected chi connectivity index (χ4v) is 19.1. The topological polar surface area (TPSA) is 59.1 Å². The second kappa shape index (κ2) is 28.0. The van der Waals surface area contributed by atoms with Gasteiger partial charge < -0.3 is 9.47 Å². The Morgan fingerprint density at radius 1 is 0.547 bits per heavy atom. The van der Waals surface area contributed by atoms with E-state index < -0.39 is 39.9 Å². The van der Waals surface area contributed by atoms with Gasteiger partial charge in [0.25, 0.3) is 0 Å². The quantitative estimate of drug-likeness (QED) is 0.0386. The van der Waals surface area contributed by atoms with Crippen LogP contribution in [0.5, 0.6) is 0 Å². The van der Waals surface area contributed by atoms with Gasteiger partial charge in [0.1, 0.15) is 0 Å². The van der Waals surface area contributed by atoms with E-state index in [0.717, 1.165) is 51.4 Å². The van der Waals surface area contributed by atoms with Gasteiger partial charge in [-0.1, -0.05) is 0 Å². The van der Waals surface area contributed by atoms with Crippen molar-refractivity contribution < 1.29 is 53.2 Å². The van der Waals surface area contributed by atoms with Crippen molar-refractivity contribution in [3.8, 4) is 0 Å². The molecule has 2 unspecified atom stereocenters. The summed E-state index contributed by atoms with van der Waals surface area (Å²) in [6, 6.07) is 23.7. The van der Waals surface area contributed by atoms with E-state index in [1.807, 2.05) is 82.7 Å². The van der Waals surface area contributed by atoms with Crippen LogP contribution in [0.3, 0.4) is 0 Å². The number of allylic oxidation sites excluding steroid dienone is 8. The van der Waals surface area contributed by atoms with E-state index in [0.29, 0.717) is 82.6 Å². The Balaban J connectivity index is 1.28. The number of amides is 2. The first-order valence-electron chi connectivity index (χ1n) is 27.4. The Bertz CT molecular complexity index is 2460. The summed E-state index contributed by atoms with van der Waals surface area (Å²) in [5.41, 5.74) is 1.23. The number of nitrogens with zero attached hydrogens (tertiary/aromatic N) is 2. The van der Waals surface area contributed by atoms with E-state index in [4.69, 9.17) is 9.47 Å². The fraction of sp³-hybridized carbons (Fsp3) is 0.469. The molecule has 0 saturated carbocycles. The maximum absolute atomic E-state index is 17.9. The van der Waals surface area contributed by atoms with Gasteiger partial charge in [0.05, 0.1) is 11.2 Å². The van der Waals surface area contributed by atoms with Crippen LogP contribution in [0.2, 0.25) is 0 Å². The molecule has 11 heteroatoms. The first-order valence-corrected chi connectivity index (χ1v) is 30.5. The first-order chi connectivity index (χ1) is 35.9. The molecule has 4 aromatic rings. The molecule has 75 heavy (non-hydrogen) atoms. The standard InChI is InChI=1S/2C27H36F2NO2.2C5H5.Ti/c2*1-21(10-8-17-27(2,3)32-4)16-19-30(26(31)23-11-6-5-7-12-23)18-9-13-22-14-15-24(28)20-25(22)29;2*1-2-4-5-3-1;/h2*5-7,11-12,14-15,21H,8-10,13,16-19H2,1-4H3;2*1-3H,4H2;. The number of hydrogen-bond acceptors (Lipinski definition) is 4. The van der Waals surface area contributed by atoms with E-state index in [1.54, 1.807) is 38.5 Å². The second-order valence-electron chi connectivity index (χ2n) is 22.2. The van der Waals surface area contributed by atoms with Crippen molar-refractivity contribution in [2.24, 2.45) is 11.8 Å². The predicted molar refractivity (Wildman–Crippen MR) is 294 cm³/mol. The van der Waals surface area contributed by atoms with Gasteiger partial charge in [-0.3, -0.25) is 0 Å². The van der Waals surface area contributed by atoms with Crippen LogP contribution < -0.4 is 7.74 Å². The predicted octanol–water partition coefficient (Wildman–Crippen LogP) is 14.4. The van der Waals surface area contributed by atoms with Crippen molar-refractivity contribution >= 4 is 19.6 Å². The first kappa shape index (κ1) is 59.4. The molecule has 0 aliphatic heterocycles. The van der Waals surface area contributed by atoms with Crippen molar-refractivity contribution in [2.75, 3.05) is 40.4 Å². The van der Waals surface area contributed by atoms with Crippen LogP contribution >= 0.6 is 0 Å². The van der Waals surface area contributed by atoms with Crippen LogP contribution in [0, 0.1) is 35.1 Å². The van der Waals surface area contributed by atoms with Gasteiger partial charge in [-0.05, 0) is 40.5 Å². The molecule has 6 nitrogen and oxygen atoms in total. The third-order valence-corrected chi connectivity index (χ3v) is 23.7. The number of methoxy groups -OCH3 is 2. The Morgan fingerprint density at radius 2 is 0.933 bits per heavy atom. The summed E-state index contributed by atoms with van der Waals surface area (Å²) in [7, 11) is 3.46. The molecule has 6 rings (SSSR count). The minimum atomic E-state index is -5.14. The Morgan fingerprint density at radius 3 is 1.28 bits per heavy atom. The third kappa shape index (κ3) is 15.6. The zero-order chi connectivity index (χ0) is 54.2. The Hall–Kier alpha value is -4.87. The van der Waals surface area contributed by atoms with E-state index in [1.165, 1.54) is 24.3 Å². The molecule has 0 saturated heterocycles. The molecule has 0 N–H and O–H groups in total. The number of benzene rings is 4. The summed E-state index contributed by atoms with van der Waals surface area (Å²) in [4.78, 5) is 31.7. The van der Waals surface area contributed by atoms with Crippen molar-refractivity contribution in [3.63, 3.8) is 0 Å². The molecule has 0 bridgehead atoms. The maximum atomic E-state index is 17.9. The minimum absolute atomic E-state index is 0.108. The molecule has 4 aromatic carbocycles. The molecule has 0 radical (unpaired) electrons. The number of aryl methyl sites for hydroxylation is 2. The molecule has 0 aromatic heterocycles. The molecule has 2 aliphatic carbocycles. The monoisotopic (exact) mass is 1070 g/mol. The summed E-state index contributed by atoms with van der Waals surface area (Å²) >= 11 is -5.14. The number of ether oxygens (including phenoxy) is 2. The second-order valence-corrected chi connectivity index (χ2v) is 28.1. The third-order valence-electron chi connectivity index (χ3n) is 15.8. The molecule has 2 amide bonds. The van der Waals surface area contributed by atoms with E-state index in [9.17, 15) is 9.59 Å². The average Bonchev–Trinajstić information content (AvgIpc) is 4.16. The van der Waals surface area contributed by atoms with E-state index in [2.05, 4.69) is 41.5 Å². The Kier molecular flexibility index (Phi) is 22.1. The van der Waals surface area contributed by atoms with Crippen LogP contribution in [-0.2, 0) is 38.9 Å². The summed E-state index contributed by atoms with van der Waals surface area (Å²) < 4.78 is 82.1. The van der Waals surface area contributed by atoms with Gasteiger partial charge in [-0.2, -0.15) is 0 Å². The number of carbonyl (C=O) groups excluding carboxylic acids is 2.